The van der Waals surface area contributed by atoms with Gasteiger partial charge in [-0.15, -0.1) is 11.3 Å². The van der Waals surface area contributed by atoms with Gasteiger partial charge in [0.2, 0.25) is 0 Å². The number of rotatable bonds is 6. The average Bonchev–Trinajstić information content (AvgIpc) is 3.58. The third-order valence-electron chi connectivity index (χ3n) is 5.69. The van der Waals surface area contributed by atoms with Gasteiger partial charge in [0, 0.05) is 15.5 Å². The number of phenolic OH excluding ortho intramolecular Hbond substituents is 1. The molecule has 174 valence electrons. The maximum Gasteiger partial charge on any atom is 0.274 e. The number of thiophene rings is 1. The zero-order valence-corrected chi connectivity index (χ0v) is 19.6. The van der Waals surface area contributed by atoms with Crippen molar-refractivity contribution in [2.24, 2.45) is 0 Å². The van der Waals surface area contributed by atoms with E-state index in [1.165, 1.54) is 23.5 Å². The SMILES string of the molecule is O=C(Nc1sc2c(c1C(=O)NCc1ccco1)CCCC2)c1cc(-c2cc(Cl)ccc2O)n[nH]1. The van der Waals surface area contributed by atoms with Gasteiger partial charge in [-0.2, -0.15) is 5.10 Å². The normalized spacial score (nSPS) is 12.9. The van der Waals surface area contributed by atoms with Crippen molar-refractivity contribution in [1.29, 1.82) is 0 Å². The molecule has 0 radical (unpaired) electrons. The number of hydrogen-bond donors (Lipinski definition) is 4. The summed E-state index contributed by atoms with van der Waals surface area (Å²) in [6, 6.07) is 9.70. The molecule has 2 amide bonds. The zero-order chi connectivity index (χ0) is 23.7. The van der Waals surface area contributed by atoms with E-state index in [2.05, 4.69) is 20.8 Å². The van der Waals surface area contributed by atoms with Crippen LogP contribution in [-0.2, 0) is 19.4 Å². The first-order valence-electron chi connectivity index (χ1n) is 10.8. The number of fused-ring (bicyclic) bond motifs is 1. The van der Waals surface area contributed by atoms with Gasteiger partial charge in [-0.3, -0.25) is 14.7 Å². The first kappa shape index (κ1) is 22.2. The molecule has 1 aliphatic carbocycles. The second kappa shape index (κ2) is 9.36. The van der Waals surface area contributed by atoms with E-state index in [0.717, 1.165) is 36.1 Å². The fraction of sp³-hybridized carbons (Fsp3) is 0.208. The number of anilines is 1. The first-order valence-corrected chi connectivity index (χ1v) is 12.0. The van der Waals surface area contributed by atoms with Crippen molar-refractivity contribution in [3.63, 3.8) is 0 Å². The third-order valence-corrected chi connectivity index (χ3v) is 7.13. The van der Waals surface area contributed by atoms with Crippen LogP contribution in [0.4, 0.5) is 5.00 Å². The molecule has 0 aliphatic heterocycles. The number of benzene rings is 1. The minimum absolute atomic E-state index is 0.00399. The van der Waals surface area contributed by atoms with Crippen LogP contribution in [0.2, 0.25) is 5.02 Å². The monoisotopic (exact) mass is 496 g/mol. The minimum atomic E-state index is -0.432. The molecule has 0 spiro atoms. The molecule has 0 fully saturated rings. The molecule has 3 aromatic heterocycles. The summed E-state index contributed by atoms with van der Waals surface area (Å²) in [5.41, 5.74) is 2.49. The van der Waals surface area contributed by atoms with Crippen molar-refractivity contribution in [3.05, 3.63) is 75.1 Å². The molecule has 0 saturated heterocycles. The number of aromatic hydroxyl groups is 1. The van der Waals surface area contributed by atoms with Gasteiger partial charge in [0.1, 0.15) is 22.2 Å². The zero-order valence-electron chi connectivity index (χ0n) is 18.0. The van der Waals surface area contributed by atoms with Crippen LogP contribution >= 0.6 is 22.9 Å². The Hall–Kier alpha value is -3.56. The van der Waals surface area contributed by atoms with E-state index < -0.39 is 5.91 Å². The van der Waals surface area contributed by atoms with Gasteiger partial charge in [0.25, 0.3) is 11.8 Å². The number of phenols is 1. The average molecular weight is 497 g/mol. The Morgan fingerprint density at radius 2 is 2.03 bits per heavy atom. The predicted molar refractivity (Wildman–Crippen MR) is 129 cm³/mol. The fourth-order valence-corrected chi connectivity index (χ4v) is 5.48. The smallest absolute Gasteiger partial charge is 0.274 e. The number of H-pyrrole nitrogens is 1. The number of nitrogens with one attached hydrogen (secondary N) is 3. The van der Waals surface area contributed by atoms with Crippen molar-refractivity contribution in [2.45, 2.75) is 32.2 Å². The van der Waals surface area contributed by atoms with E-state index in [-0.39, 0.29) is 23.9 Å². The second-order valence-corrected chi connectivity index (χ2v) is 9.50. The minimum Gasteiger partial charge on any atom is -0.507 e. The number of aromatic nitrogens is 2. The molecule has 1 aromatic carbocycles. The van der Waals surface area contributed by atoms with E-state index in [4.69, 9.17) is 16.0 Å². The molecular formula is C24H21ClN4O4S. The Balaban J connectivity index is 1.39. The van der Waals surface area contributed by atoms with Crippen LogP contribution in [0.5, 0.6) is 5.75 Å². The van der Waals surface area contributed by atoms with Crippen LogP contribution in [0, 0.1) is 0 Å². The molecule has 0 saturated carbocycles. The predicted octanol–water partition coefficient (Wildman–Crippen LogP) is 5.15. The van der Waals surface area contributed by atoms with Crippen molar-refractivity contribution in [3.8, 4) is 17.0 Å². The van der Waals surface area contributed by atoms with Gasteiger partial charge < -0.3 is 20.2 Å². The summed E-state index contributed by atoms with van der Waals surface area (Å²) >= 11 is 7.46. The maximum absolute atomic E-state index is 13.1. The lowest BCUT2D eigenvalue weighted by Gasteiger charge is -2.13. The van der Waals surface area contributed by atoms with Crippen molar-refractivity contribution < 1.29 is 19.1 Å². The molecule has 0 bridgehead atoms. The topological polar surface area (TPSA) is 120 Å². The van der Waals surface area contributed by atoms with Gasteiger partial charge in [0.15, 0.2) is 0 Å². The Morgan fingerprint density at radius 1 is 1.18 bits per heavy atom. The van der Waals surface area contributed by atoms with E-state index in [1.54, 1.807) is 30.5 Å². The standard InChI is InChI=1S/C24H21ClN4O4S/c25-13-7-8-19(30)16(10-13)17-11-18(29-28-17)22(31)27-24-21(15-5-1-2-6-20(15)34-24)23(32)26-12-14-4-3-9-33-14/h3-4,7-11,30H,1-2,5-6,12H2,(H,26,32)(H,27,31)(H,28,29). The molecule has 5 rings (SSSR count). The van der Waals surface area contributed by atoms with Crippen LogP contribution in [0.15, 0.2) is 47.1 Å². The lowest BCUT2D eigenvalue weighted by Crippen LogP contribution is -2.25. The number of furan rings is 1. The Kier molecular flexibility index (Phi) is 6.12. The van der Waals surface area contributed by atoms with Crippen molar-refractivity contribution >= 4 is 39.8 Å². The van der Waals surface area contributed by atoms with E-state index in [1.807, 2.05) is 0 Å². The Morgan fingerprint density at radius 3 is 2.85 bits per heavy atom. The summed E-state index contributed by atoms with van der Waals surface area (Å²) < 4.78 is 5.30. The van der Waals surface area contributed by atoms with Crippen molar-refractivity contribution in [2.75, 3.05) is 5.32 Å². The van der Waals surface area contributed by atoms with E-state index >= 15 is 0 Å². The lowest BCUT2D eigenvalue weighted by molar-refractivity contribution is 0.0948. The third kappa shape index (κ3) is 4.44. The highest BCUT2D eigenvalue weighted by atomic mass is 35.5. The van der Waals surface area contributed by atoms with E-state index in [9.17, 15) is 14.7 Å². The molecule has 10 heteroatoms. The maximum atomic E-state index is 13.1. The van der Waals surface area contributed by atoms with Gasteiger partial charge in [-0.1, -0.05) is 11.6 Å². The van der Waals surface area contributed by atoms with Crippen LogP contribution < -0.4 is 10.6 Å². The quantitative estimate of drug-likeness (QED) is 0.294. The summed E-state index contributed by atoms with van der Waals surface area (Å²) in [5, 5.41) is 23.7. The highest BCUT2D eigenvalue weighted by Crippen LogP contribution is 2.38. The van der Waals surface area contributed by atoms with E-state index in [0.29, 0.717) is 32.6 Å². The van der Waals surface area contributed by atoms with Gasteiger partial charge in [0.05, 0.1) is 24.1 Å². The second-order valence-electron chi connectivity index (χ2n) is 7.96. The van der Waals surface area contributed by atoms with Gasteiger partial charge in [-0.05, 0) is 67.6 Å². The summed E-state index contributed by atoms with van der Waals surface area (Å²) in [5.74, 6) is -0.0270. The van der Waals surface area contributed by atoms with Crippen molar-refractivity contribution in [1.82, 2.24) is 15.5 Å². The number of halogens is 1. The molecule has 3 heterocycles. The summed E-state index contributed by atoms with van der Waals surface area (Å²) in [6.45, 7) is 0.261. The summed E-state index contributed by atoms with van der Waals surface area (Å²) in [6.07, 6.45) is 5.30. The number of carbonyl (C=O) groups excluding carboxylic acids is 2. The van der Waals surface area contributed by atoms with Crippen LogP contribution in [-0.4, -0.2) is 27.1 Å². The van der Waals surface area contributed by atoms with Crippen LogP contribution in [0.1, 0.15) is 49.9 Å². The van der Waals surface area contributed by atoms with Gasteiger partial charge >= 0.3 is 0 Å². The fourth-order valence-electron chi connectivity index (χ4n) is 4.02. The Bertz CT molecular complexity index is 1360. The first-order chi connectivity index (χ1) is 16.5. The molecule has 0 unspecified atom stereocenters. The number of nitrogens with zero attached hydrogens (tertiary/aromatic N) is 1. The van der Waals surface area contributed by atoms with Crippen LogP contribution in [0.3, 0.4) is 0 Å². The molecule has 8 nitrogen and oxygen atoms in total. The molecule has 4 N–H and O–H groups in total. The number of amides is 2. The number of aromatic amines is 1. The highest BCUT2D eigenvalue weighted by molar-refractivity contribution is 7.17. The van der Waals surface area contributed by atoms with Gasteiger partial charge in [-0.25, -0.2) is 0 Å². The lowest BCUT2D eigenvalue weighted by atomic mass is 9.95. The number of carbonyl (C=O) groups is 2. The van der Waals surface area contributed by atoms with Crippen LogP contribution in [0.25, 0.3) is 11.3 Å². The number of hydrogen-bond acceptors (Lipinski definition) is 6. The molecule has 1 aliphatic rings. The number of aryl methyl sites for hydroxylation is 1. The largest absolute Gasteiger partial charge is 0.507 e. The summed E-state index contributed by atoms with van der Waals surface area (Å²) in [4.78, 5) is 27.3. The summed E-state index contributed by atoms with van der Waals surface area (Å²) in [7, 11) is 0. The molecule has 0 atom stereocenters. The molecule has 4 aromatic rings. The molecular weight excluding hydrogens is 476 g/mol. The highest BCUT2D eigenvalue weighted by Gasteiger charge is 2.27. The molecule has 34 heavy (non-hydrogen) atoms. The Labute approximate surface area is 204 Å².